The molecule has 0 atom stereocenters. The summed E-state index contributed by atoms with van der Waals surface area (Å²) in [4.78, 5) is 0. The number of hydrogen-bond donors (Lipinski definition) is 1. The van der Waals surface area contributed by atoms with Gasteiger partial charge in [0.25, 0.3) is 0 Å². The van der Waals surface area contributed by atoms with Crippen LogP contribution in [0.2, 0.25) is 0 Å². The van der Waals surface area contributed by atoms with Gasteiger partial charge in [0.2, 0.25) is 0 Å². The lowest BCUT2D eigenvalue weighted by molar-refractivity contribution is 0.0451. The second kappa shape index (κ2) is 7.61. The molecule has 0 aliphatic heterocycles. The first-order valence-corrected chi connectivity index (χ1v) is 8.74. The fraction of sp³-hybridized carbons (Fsp3) is 0.364. The Hall–Kier alpha value is -1.86. The van der Waals surface area contributed by atoms with Crippen molar-refractivity contribution in [3.8, 4) is 0 Å². The van der Waals surface area contributed by atoms with Gasteiger partial charge in [-0.1, -0.05) is 72.8 Å². The molecular formula is C22H26O. The molecule has 0 saturated heterocycles. The Morgan fingerprint density at radius 3 is 2.17 bits per heavy atom. The van der Waals surface area contributed by atoms with E-state index < -0.39 is 5.60 Å². The molecule has 0 amide bonds. The second-order valence-corrected chi connectivity index (χ2v) is 6.72. The minimum atomic E-state index is -0.595. The lowest BCUT2D eigenvalue weighted by Gasteiger charge is -2.34. The highest BCUT2D eigenvalue weighted by Gasteiger charge is 2.31. The Morgan fingerprint density at radius 1 is 0.913 bits per heavy atom. The molecule has 1 fully saturated rings. The molecule has 0 unspecified atom stereocenters. The van der Waals surface area contributed by atoms with Crippen LogP contribution in [0.3, 0.4) is 0 Å². The molecule has 120 valence electrons. The van der Waals surface area contributed by atoms with Crippen molar-refractivity contribution < 1.29 is 5.11 Å². The van der Waals surface area contributed by atoms with E-state index in [-0.39, 0.29) is 0 Å². The predicted molar refractivity (Wildman–Crippen MR) is 96.5 cm³/mol. The molecule has 2 aromatic rings. The molecule has 0 heterocycles. The first-order chi connectivity index (χ1) is 11.3. The fourth-order valence-corrected chi connectivity index (χ4v) is 3.54. The van der Waals surface area contributed by atoms with Crippen LogP contribution in [-0.2, 0) is 6.42 Å². The quantitative estimate of drug-likeness (QED) is 0.747. The maximum atomic E-state index is 10.7. The van der Waals surface area contributed by atoms with E-state index in [1.807, 2.05) is 6.07 Å². The largest absolute Gasteiger partial charge is 0.386 e. The molecule has 23 heavy (non-hydrogen) atoms. The summed E-state index contributed by atoms with van der Waals surface area (Å²) in [5.41, 5.74) is 2.18. The smallest absolute Gasteiger partial charge is 0.0828 e. The van der Waals surface area contributed by atoms with E-state index in [2.05, 4.69) is 66.7 Å². The normalized spacial score (nSPS) is 24.8. The van der Waals surface area contributed by atoms with E-state index in [9.17, 15) is 5.11 Å². The fourth-order valence-electron chi connectivity index (χ4n) is 3.54. The Labute approximate surface area is 139 Å². The predicted octanol–water partition coefficient (Wildman–Crippen LogP) is 5.26. The van der Waals surface area contributed by atoms with Gasteiger partial charge in [0.15, 0.2) is 0 Å². The van der Waals surface area contributed by atoms with Gasteiger partial charge in [-0.3, -0.25) is 0 Å². The first-order valence-electron chi connectivity index (χ1n) is 8.74. The molecule has 2 aromatic carbocycles. The monoisotopic (exact) mass is 306 g/mol. The van der Waals surface area contributed by atoms with Crippen molar-refractivity contribution in [2.45, 2.75) is 50.0 Å². The third-order valence-electron chi connectivity index (χ3n) is 4.99. The average Bonchev–Trinajstić information content (AvgIpc) is 2.61. The Morgan fingerprint density at radius 2 is 1.52 bits per heavy atom. The van der Waals surface area contributed by atoms with Crippen molar-refractivity contribution in [1.82, 2.24) is 0 Å². The summed E-state index contributed by atoms with van der Waals surface area (Å²) in [6.45, 7) is 0. The zero-order valence-corrected chi connectivity index (χ0v) is 13.7. The van der Waals surface area contributed by atoms with Crippen LogP contribution in [0.5, 0.6) is 0 Å². The van der Waals surface area contributed by atoms with Crippen molar-refractivity contribution in [2.75, 3.05) is 0 Å². The summed E-state index contributed by atoms with van der Waals surface area (Å²) in [6, 6.07) is 21.2. The van der Waals surface area contributed by atoms with Gasteiger partial charge < -0.3 is 5.11 Å². The van der Waals surface area contributed by atoms with Crippen molar-refractivity contribution in [1.29, 1.82) is 0 Å². The summed E-state index contributed by atoms with van der Waals surface area (Å²) in [6.07, 6.45) is 10.1. The van der Waals surface area contributed by atoms with Gasteiger partial charge in [0, 0.05) is 0 Å². The topological polar surface area (TPSA) is 20.2 Å². The molecule has 1 aliphatic rings. The van der Waals surface area contributed by atoms with E-state index in [1.165, 1.54) is 11.1 Å². The summed E-state index contributed by atoms with van der Waals surface area (Å²) >= 11 is 0. The highest BCUT2D eigenvalue weighted by Crippen LogP contribution is 2.38. The molecule has 3 rings (SSSR count). The number of rotatable bonds is 5. The maximum Gasteiger partial charge on any atom is 0.0828 e. The van der Waals surface area contributed by atoms with Crippen molar-refractivity contribution in [3.05, 3.63) is 83.9 Å². The number of benzene rings is 2. The molecule has 0 bridgehead atoms. The first kappa shape index (κ1) is 16.0. The van der Waals surface area contributed by atoms with Gasteiger partial charge in [0.05, 0.1) is 5.60 Å². The van der Waals surface area contributed by atoms with Crippen LogP contribution in [0.25, 0.3) is 0 Å². The van der Waals surface area contributed by atoms with Crippen molar-refractivity contribution >= 4 is 0 Å². The average molecular weight is 306 g/mol. The molecular weight excluding hydrogens is 280 g/mol. The van der Waals surface area contributed by atoms with Crippen molar-refractivity contribution in [3.63, 3.8) is 0 Å². The van der Waals surface area contributed by atoms with Gasteiger partial charge in [-0.05, 0) is 55.6 Å². The molecule has 1 nitrogen and oxygen atoms in total. The zero-order chi connectivity index (χ0) is 16.0. The van der Waals surface area contributed by atoms with Gasteiger partial charge in [-0.15, -0.1) is 0 Å². The van der Waals surface area contributed by atoms with Crippen LogP contribution >= 0.6 is 0 Å². The van der Waals surface area contributed by atoms with Gasteiger partial charge in [-0.25, -0.2) is 0 Å². The summed E-state index contributed by atoms with van der Waals surface area (Å²) < 4.78 is 0. The molecule has 1 heteroatoms. The number of allylic oxidation sites excluding steroid dienone is 1. The molecule has 1 N–H and O–H groups in total. The summed E-state index contributed by atoms with van der Waals surface area (Å²) in [5.74, 6) is 0.606. The Balaban J connectivity index is 1.48. The van der Waals surface area contributed by atoms with E-state index >= 15 is 0 Å². The van der Waals surface area contributed by atoms with Crippen molar-refractivity contribution in [2.24, 2.45) is 0 Å². The lowest BCUT2D eigenvalue weighted by Crippen LogP contribution is -2.31. The van der Waals surface area contributed by atoms with Gasteiger partial charge in [-0.2, -0.15) is 0 Å². The van der Waals surface area contributed by atoms with Crippen LogP contribution in [0, 0.1) is 0 Å². The number of hydrogen-bond acceptors (Lipinski definition) is 1. The van der Waals surface area contributed by atoms with Crippen LogP contribution < -0.4 is 0 Å². The highest BCUT2D eigenvalue weighted by molar-refractivity contribution is 5.21. The van der Waals surface area contributed by atoms with Crippen LogP contribution in [-0.4, -0.2) is 10.7 Å². The minimum absolute atomic E-state index is 0.595. The van der Waals surface area contributed by atoms with Gasteiger partial charge >= 0.3 is 0 Å². The number of aliphatic hydroxyl groups is 1. The van der Waals surface area contributed by atoms with E-state index in [0.717, 1.165) is 38.5 Å². The second-order valence-electron chi connectivity index (χ2n) is 6.72. The molecule has 0 radical (unpaired) electrons. The molecule has 0 aromatic heterocycles. The van der Waals surface area contributed by atoms with E-state index in [1.54, 1.807) is 0 Å². The summed E-state index contributed by atoms with van der Waals surface area (Å²) in [7, 11) is 0. The highest BCUT2D eigenvalue weighted by atomic mass is 16.3. The zero-order valence-electron chi connectivity index (χ0n) is 13.7. The Bertz CT molecular complexity index is 607. The van der Waals surface area contributed by atoms with Crippen LogP contribution in [0.15, 0.2) is 72.8 Å². The lowest BCUT2D eigenvalue weighted by atomic mass is 9.76. The molecule has 0 spiro atoms. The van der Waals surface area contributed by atoms with E-state index in [4.69, 9.17) is 0 Å². The minimum Gasteiger partial charge on any atom is -0.386 e. The standard InChI is InChI=1S/C22H26O/c23-22(16-8-7-11-19-9-3-1-4-10-19)17-14-21(15-18-22)20-12-5-2-6-13-20/h1-6,8-10,12-13,16,21,23H,7,11,14-15,17-18H2/b16-8+. The van der Waals surface area contributed by atoms with Gasteiger partial charge in [0.1, 0.15) is 0 Å². The SMILES string of the molecule is OC1(/C=C/CCc2ccccc2)CCC(c2ccccc2)CC1. The third kappa shape index (κ3) is 4.56. The summed E-state index contributed by atoms with van der Waals surface area (Å²) in [5, 5.41) is 10.7. The molecule has 1 saturated carbocycles. The Kier molecular flexibility index (Phi) is 5.30. The number of aryl methyl sites for hydroxylation is 1. The maximum absolute atomic E-state index is 10.7. The van der Waals surface area contributed by atoms with Crippen LogP contribution in [0.1, 0.15) is 49.1 Å². The third-order valence-corrected chi connectivity index (χ3v) is 4.99. The molecule has 1 aliphatic carbocycles. The van der Waals surface area contributed by atoms with Crippen LogP contribution in [0.4, 0.5) is 0 Å². The van der Waals surface area contributed by atoms with E-state index in [0.29, 0.717) is 5.92 Å².